The summed E-state index contributed by atoms with van der Waals surface area (Å²) in [6.45, 7) is 8.36. The van der Waals surface area contributed by atoms with Crippen LogP contribution in [0.3, 0.4) is 0 Å². The number of hydrogen-bond donors (Lipinski definition) is 2. The van der Waals surface area contributed by atoms with Crippen molar-refractivity contribution in [2.24, 2.45) is 28.4 Å². The number of hydrogen-bond acceptors (Lipinski definition) is 5. The molecule has 3 atom stereocenters. The van der Waals surface area contributed by atoms with E-state index in [9.17, 15) is 20.2 Å². The first-order valence-corrected chi connectivity index (χ1v) is 11.3. The molecule has 3 rings (SSSR count). The van der Waals surface area contributed by atoms with Gasteiger partial charge in [-0.3, -0.25) is 0 Å². The first-order chi connectivity index (χ1) is 15.0. The first-order valence-electron chi connectivity index (χ1n) is 10.5. The van der Waals surface area contributed by atoms with Crippen LogP contribution in [0.4, 0.5) is 4.39 Å². The molecule has 0 saturated heterocycles. The Hall–Kier alpha value is -2.66. The van der Waals surface area contributed by atoms with E-state index in [-0.39, 0.29) is 35.1 Å². The average molecular weight is 499 g/mol. The predicted molar refractivity (Wildman–Crippen MR) is 124 cm³/mol. The summed E-state index contributed by atoms with van der Waals surface area (Å²) in [5.74, 6) is -1.15. The molecule has 2 aliphatic rings. The lowest BCUT2D eigenvalue weighted by atomic mass is 9.55. The Morgan fingerprint density at radius 2 is 1.84 bits per heavy atom. The van der Waals surface area contributed by atoms with Gasteiger partial charge in [-0.05, 0) is 66.4 Å². The SMILES string of the molecule is CC(C)(C)C1CC=C2C(C1)C(c1cc(Br)ccc1F)C(C#N)=C(N)C2(C#N)C#N.CCO. The Kier molecular flexibility index (Phi) is 7.89. The van der Waals surface area contributed by atoms with Crippen molar-refractivity contribution in [1.82, 2.24) is 0 Å². The van der Waals surface area contributed by atoms with Crippen molar-refractivity contribution in [2.75, 3.05) is 6.61 Å². The maximum atomic E-state index is 14.9. The van der Waals surface area contributed by atoms with Gasteiger partial charge in [0.15, 0.2) is 0 Å². The third kappa shape index (κ3) is 4.44. The molecule has 0 aliphatic heterocycles. The fourth-order valence-corrected chi connectivity index (χ4v) is 5.04. The van der Waals surface area contributed by atoms with Crippen LogP contribution in [0.5, 0.6) is 0 Å². The van der Waals surface area contributed by atoms with Crippen molar-refractivity contribution < 1.29 is 9.50 Å². The van der Waals surface area contributed by atoms with Gasteiger partial charge in [-0.15, -0.1) is 0 Å². The Balaban J connectivity index is 0.00000114. The van der Waals surface area contributed by atoms with Crippen LogP contribution in [-0.2, 0) is 0 Å². The number of aliphatic hydroxyl groups excluding tert-OH is 1. The van der Waals surface area contributed by atoms with Crippen LogP contribution < -0.4 is 5.73 Å². The van der Waals surface area contributed by atoms with E-state index in [1.54, 1.807) is 19.1 Å². The summed E-state index contributed by atoms with van der Waals surface area (Å²) < 4.78 is 15.6. The number of rotatable bonds is 1. The standard InChI is InChI=1S/C23H22BrFN4.C2H6O/c1-22(2,3)13-4-6-18-15(8-13)20(16-9-14(24)5-7-19(16)25)17(10-26)21(29)23(18,11-27)12-28;1-2-3/h5-7,9,13,15,20H,4,8,29H2,1-3H3;3H,2H2,1H3. The van der Waals surface area contributed by atoms with Crippen LogP contribution in [0.2, 0.25) is 0 Å². The minimum atomic E-state index is -1.68. The average Bonchev–Trinajstić information content (AvgIpc) is 2.75. The van der Waals surface area contributed by atoms with Crippen molar-refractivity contribution in [3.05, 3.63) is 57.0 Å². The molecule has 5 nitrogen and oxygen atoms in total. The van der Waals surface area contributed by atoms with Crippen LogP contribution >= 0.6 is 15.9 Å². The topological polar surface area (TPSA) is 118 Å². The largest absolute Gasteiger partial charge is 0.399 e. The van der Waals surface area contributed by atoms with Crippen molar-refractivity contribution in [2.45, 2.75) is 46.5 Å². The maximum Gasteiger partial charge on any atom is 0.204 e. The zero-order valence-electron chi connectivity index (χ0n) is 18.8. The zero-order chi connectivity index (χ0) is 24.3. The van der Waals surface area contributed by atoms with Gasteiger partial charge < -0.3 is 10.8 Å². The Morgan fingerprint density at radius 3 is 2.34 bits per heavy atom. The van der Waals surface area contributed by atoms with E-state index < -0.39 is 17.2 Å². The summed E-state index contributed by atoms with van der Waals surface area (Å²) >= 11 is 3.39. The summed E-state index contributed by atoms with van der Waals surface area (Å²) in [6.07, 6.45) is 3.29. The number of aliphatic hydroxyl groups is 1. The molecule has 3 N–H and O–H groups in total. The van der Waals surface area contributed by atoms with Gasteiger partial charge in [0.2, 0.25) is 5.41 Å². The molecule has 0 aromatic heterocycles. The van der Waals surface area contributed by atoms with Gasteiger partial charge in [0.25, 0.3) is 0 Å². The summed E-state index contributed by atoms with van der Waals surface area (Å²) in [5, 5.41) is 37.4. The van der Waals surface area contributed by atoms with Gasteiger partial charge in [0.1, 0.15) is 5.82 Å². The molecule has 0 radical (unpaired) electrons. The minimum absolute atomic E-state index is 0.0101. The van der Waals surface area contributed by atoms with Crippen LogP contribution in [-0.4, -0.2) is 11.7 Å². The molecule has 32 heavy (non-hydrogen) atoms. The van der Waals surface area contributed by atoms with E-state index in [1.807, 2.05) is 6.08 Å². The van der Waals surface area contributed by atoms with Crippen molar-refractivity contribution >= 4 is 15.9 Å². The second kappa shape index (κ2) is 9.86. The van der Waals surface area contributed by atoms with Crippen molar-refractivity contribution in [3.8, 4) is 18.2 Å². The van der Waals surface area contributed by atoms with Gasteiger partial charge in [-0.25, -0.2) is 4.39 Å². The van der Waals surface area contributed by atoms with Crippen LogP contribution in [0, 0.1) is 62.5 Å². The highest BCUT2D eigenvalue weighted by molar-refractivity contribution is 9.10. The predicted octanol–water partition coefficient (Wildman–Crippen LogP) is 5.45. The molecule has 0 saturated carbocycles. The van der Waals surface area contributed by atoms with E-state index in [4.69, 9.17) is 10.8 Å². The highest BCUT2D eigenvalue weighted by Crippen LogP contribution is 2.57. The van der Waals surface area contributed by atoms with Crippen LogP contribution in [0.15, 0.2) is 45.6 Å². The van der Waals surface area contributed by atoms with E-state index in [2.05, 4.69) is 54.9 Å². The molecule has 2 aliphatic carbocycles. The number of nitrogens with two attached hydrogens (primary N) is 1. The van der Waals surface area contributed by atoms with Crippen LogP contribution in [0.1, 0.15) is 52.0 Å². The lowest BCUT2D eigenvalue weighted by Crippen LogP contribution is -2.43. The molecule has 7 heteroatoms. The van der Waals surface area contributed by atoms with Gasteiger partial charge in [-0.1, -0.05) is 42.8 Å². The third-order valence-electron chi connectivity index (χ3n) is 6.37. The Labute approximate surface area is 197 Å². The fraction of sp³-hybridized carbons (Fsp3) is 0.480. The summed E-state index contributed by atoms with van der Waals surface area (Å²) in [7, 11) is 0. The molecule has 168 valence electrons. The summed E-state index contributed by atoms with van der Waals surface area (Å²) in [4.78, 5) is 0. The zero-order valence-corrected chi connectivity index (χ0v) is 20.4. The van der Waals surface area contributed by atoms with Crippen LogP contribution in [0.25, 0.3) is 0 Å². The molecule has 1 aromatic carbocycles. The molecule has 0 amide bonds. The maximum absolute atomic E-state index is 14.9. The van der Waals surface area contributed by atoms with Gasteiger partial charge in [-0.2, -0.15) is 15.8 Å². The van der Waals surface area contributed by atoms with Gasteiger partial charge in [0.05, 0.1) is 29.5 Å². The molecular formula is C25H28BrFN4O. The number of nitriles is 3. The van der Waals surface area contributed by atoms with E-state index >= 15 is 0 Å². The second-order valence-corrected chi connectivity index (χ2v) is 10.1. The molecule has 0 heterocycles. The second-order valence-electron chi connectivity index (χ2n) is 9.17. The molecule has 0 spiro atoms. The third-order valence-corrected chi connectivity index (χ3v) is 6.87. The minimum Gasteiger partial charge on any atom is -0.399 e. The first kappa shape index (κ1) is 25.6. The Morgan fingerprint density at radius 1 is 1.25 bits per heavy atom. The summed E-state index contributed by atoms with van der Waals surface area (Å²) in [5.41, 5.74) is 5.57. The quantitative estimate of drug-likeness (QED) is 0.498. The van der Waals surface area contributed by atoms with Crippen molar-refractivity contribution in [3.63, 3.8) is 0 Å². The molecular weight excluding hydrogens is 471 g/mol. The van der Waals surface area contributed by atoms with E-state index in [1.165, 1.54) is 6.07 Å². The molecule has 3 unspecified atom stereocenters. The van der Waals surface area contributed by atoms with Crippen molar-refractivity contribution in [1.29, 1.82) is 15.8 Å². The van der Waals surface area contributed by atoms with E-state index in [0.717, 1.165) is 0 Å². The number of nitrogens with zero attached hydrogens (tertiary/aromatic N) is 3. The smallest absolute Gasteiger partial charge is 0.204 e. The van der Waals surface area contributed by atoms with Gasteiger partial charge in [0, 0.05) is 17.0 Å². The summed E-state index contributed by atoms with van der Waals surface area (Å²) in [6, 6.07) is 10.9. The lowest BCUT2D eigenvalue weighted by Gasteiger charge is -2.46. The molecule has 0 fully saturated rings. The van der Waals surface area contributed by atoms with Gasteiger partial charge >= 0.3 is 0 Å². The fourth-order valence-electron chi connectivity index (χ4n) is 4.66. The number of fused-ring (bicyclic) bond motifs is 1. The molecule has 1 aromatic rings. The van der Waals surface area contributed by atoms with E-state index in [0.29, 0.717) is 28.5 Å². The highest BCUT2D eigenvalue weighted by atomic mass is 79.9. The number of halogens is 2. The number of benzene rings is 1. The monoisotopic (exact) mass is 498 g/mol. The Bertz CT molecular complexity index is 1050. The normalized spacial score (nSPS) is 24.0. The number of allylic oxidation sites excluding steroid dienone is 3. The highest BCUT2D eigenvalue weighted by Gasteiger charge is 2.53. The lowest BCUT2D eigenvalue weighted by molar-refractivity contribution is 0.179. The molecule has 0 bridgehead atoms.